The van der Waals surface area contributed by atoms with Crippen LogP contribution in [0, 0.1) is 5.82 Å². The van der Waals surface area contributed by atoms with E-state index < -0.39 is 11.9 Å². The van der Waals surface area contributed by atoms with E-state index in [0.717, 1.165) is 64.2 Å². The molecule has 2 fully saturated rings. The fraction of sp³-hybridized carbons (Fsp3) is 0.516. The molecule has 2 saturated carbocycles. The molecule has 2 amide bonds. The monoisotopic (exact) mass is 578 g/mol. The summed E-state index contributed by atoms with van der Waals surface area (Å²) in [6.07, 6.45) is 9.76. The minimum Gasteiger partial charge on any atom is -0.493 e. The molecule has 1 atom stereocenters. The molecule has 42 heavy (non-hydrogen) atoms. The molecule has 5 rings (SSSR count). The van der Waals surface area contributed by atoms with Gasteiger partial charge in [0.15, 0.2) is 11.5 Å². The van der Waals surface area contributed by atoms with Gasteiger partial charge in [-0.1, -0.05) is 50.7 Å². The van der Waals surface area contributed by atoms with Crippen LogP contribution in [0.15, 0.2) is 42.5 Å². The van der Waals surface area contributed by atoms with Gasteiger partial charge >= 0.3 is 0 Å². The molecule has 1 heterocycles. The summed E-state index contributed by atoms with van der Waals surface area (Å²) in [5.74, 6) is 0.520. The van der Waals surface area contributed by atoms with Gasteiger partial charge < -0.3 is 19.7 Å². The number of halogens is 1. The quantitative estimate of drug-likeness (QED) is 0.366. The molecule has 0 aliphatic heterocycles. The zero-order valence-corrected chi connectivity index (χ0v) is 24.3. The molecule has 2 aliphatic rings. The van der Waals surface area contributed by atoms with Crippen molar-refractivity contribution < 1.29 is 23.5 Å². The number of carbonyl (C=O) groups is 2. The van der Waals surface area contributed by atoms with Crippen molar-refractivity contribution >= 4 is 11.8 Å². The lowest BCUT2D eigenvalue weighted by atomic mass is 9.90. The van der Waals surface area contributed by atoms with Crippen LogP contribution in [0.5, 0.6) is 11.5 Å². The van der Waals surface area contributed by atoms with Gasteiger partial charge in [0.25, 0.3) is 0 Å². The van der Waals surface area contributed by atoms with E-state index in [0.29, 0.717) is 28.5 Å². The Hall–Kier alpha value is -4.02. The van der Waals surface area contributed by atoms with Crippen molar-refractivity contribution in [1.29, 1.82) is 0 Å². The summed E-state index contributed by atoms with van der Waals surface area (Å²) in [6.45, 7) is -0.189. The Balaban J connectivity index is 1.43. The molecular formula is C31H39FN6O4. The number of hydrogen-bond donors (Lipinski definition) is 1. The highest BCUT2D eigenvalue weighted by molar-refractivity contribution is 5.89. The maximum absolute atomic E-state index is 14.1. The van der Waals surface area contributed by atoms with Crippen LogP contribution in [-0.4, -0.2) is 63.2 Å². The molecular weight excluding hydrogens is 539 g/mol. The van der Waals surface area contributed by atoms with Gasteiger partial charge in [0.05, 0.1) is 14.2 Å². The third-order valence-electron chi connectivity index (χ3n) is 8.29. The van der Waals surface area contributed by atoms with Gasteiger partial charge in [-0.2, -0.15) is 4.80 Å². The van der Waals surface area contributed by atoms with E-state index in [1.54, 1.807) is 49.5 Å². The smallest absolute Gasteiger partial charge is 0.247 e. The van der Waals surface area contributed by atoms with E-state index in [4.69, 9.17) is 9.47 Å². The minimum absolute atomic E-state index is 0.0681. The number of rotatable bonds is 10. The van der Waals surface area contributed by atoms with E-state index in [1.807, 2.05) is 0 Å². The van der Waals surface area contributed by atoms with E-state index in [-0.39, 0.29) is 30.4 Å². The van der Waals surface area contributed by atoms with E-state index in [1.165, 1.54) is 16.9 Å². The van der Waals surface area contributed by atoms with Gasteiger partial charge in [0, 0.05) is 17.6 Å². The maximum atomic E-state index is 14.1. The Morgan fingerprint density at radius 3 is 2.29 bits per heavy atom. The highest BCUT2D eigenvalue weighted by Crippen LogP contribution is 2.33. The Bertz CT molecular complexity index is 1350. The summed E-state index contributed by atoms with van der Waals surface area (Å²) in [7, 11) is 3.11. The molecule has 224 valence electrons. The number of nitrogens with one attached hydrogen (secondary N) is 1. The molecule has 11 heteroatoms. The first-order valence-corrected chi connectivity index (χ1v) is 14.8. The molecule has 1 unspecified atom stereocenters. The lowest BCUT2D eigenvalue weighted by Gasteiger charge is -2.40. The van der Waals surface area contributed by atoms with E-state index in [9.17, 15) is 14.0 Å². The van der Waals surface area contributed by atoms with Crippen molar-refractivity contribution in [3.8, 4) is 22.9 Å². The summed E-state index contributed by atoms with van der Waals surface area (Å²) >= 11 is 0. The summed E-state index contributed by atoms with van der Waals surface area (Å²) in [4.78, 5) is 31.0. The second kappa shape index (κ2) is 13.8. The van der Waals surface area contributed by atoms with Crippen LogP contribution in [0.25, 0.3) is 11.4 Å². The average Bonchev–Trinajstić information content (AvgIpc) is 3.49. The first kappa shape index (κ1) is 29.5. The standard InChI is InChI=1S/C31H39FN6O4/c1-41-26-18-15-22(19-27(26)42-2)30-34-36-37(35-30)20-28(39)38(25-11-7-4-8-12-25)29(21-13-16-23(32)17-14-21)31(40)33-24-9-5-3-6-10-24/h13-19,24-25,29H,3-12,20H2,1-2H3,(H,33,40). The number of methoxy groups -OCH3 is 2. The van der Waals surface area contributed by atoms with Gasteiger partial charge in [-0.25, -0.2) is 4.39 Å². The van der Waals surface area contributed by atoms with E-state index in [2.05, 4.69) is 20.7 Å². The van der Waals surface area contributed by atoms with Crippen LogP contribution in [0.1, 0.15) is 75.8 Å². The number of benzene rings is 2. The van der Waals surface area contributed by atoms with Crippen LogP contribution in [0.3, 0.4) is 0 Å². The van der Waals surface area contributed by atoms with Crippen molar-refractivity contribution in [3.63, 3.8) is 0 Å². The summed E-state index contributed by atoms with van der Waals surface area (Å²) < 4.78 is 24.6. The lowest BCUT2D eigenvalue weighted by molar-refractivity contribution is -0.145. The predicted octanol–water partition coefficient (Wildman–Crippen LogP) is 4.85. The van der Waals surface area contributed by atoms with Crippen LogP contribution in [0.2, 0.25) is 0 Å². The fourth-order valence-electron chi connectivity index (χ4n) is 6.13. The van der Waals surface area contributed by atoms with Crippen LogP contribution < -0.4 is 14.8 Å². The first-order chi connectivity index (χ1) is 20.5. The molecule has 0 saturated heterocycles. The highest BCUT2D eigenvalue weighted by Gasteiger charge is 2.38. The summed E-state index contributed by atoms with van der Waals surface area (Å²) in [6, 6.07) is 10.2. The second-order valence-corrected chi connectivity index (χ2v) is 11.1. The number of amides is 2. The molecule has 1 aromatic heterocycles. The van der Waals surface area contributed by atoms with Gasteiger partial charge in [-0.15, -0.1) is 10.2 Å². The maximum Gasteiger partial charge on any atom is 0.247 e. The predicted molar refractivity (Wildman–Crippen MR) is 154 cm³/mol. The molecule has 0 bridgehead atoms. The van der Waals surface area contributed by atoms with Gasteiger partial charge in [-0.3, -0.25) is 9.59 Å². The fourth-order valence-corrected chi connectivity index (χ4v) is 6.13. The van der Waals surface area contributed by atoms with E-state index >= 15 is 0 Å². The molecule has 10 nitrogen and oxygen atoms in total. The van der Waals surface area contributed by atoms with Crippen LogP contribution in [0.4, 0.5) is 4.39 Å². The van der Waals surface area contributed by atoms with Crippen molar-refractivity contribution in [2.24, 2.45) is 0 Å². The Kier molecular flexibility index (Phi) is 9.66. The van der Waals surface area contributed by atoms with Crippen molar-refractivity contribution in [2.75, 3.05) is 14.2 Å². The zero-order valence-electron chi connectivity index (χ0n) is 24.3. The zero-order chi connectivity index (χ0) is 29.5. The Morgan fingerprint density at radius 2 is 1.62 bits per heavy atom. The van der Waals surface area contributed by atoms with Gasteiger partial charge in [0.1, 0.15) is 18.4 Å². The Labute approximate surface area is 245 Å². The Morgan fingerprint density at radius 1 is 0.952 bits per heavy atom. The normalized spacial score (nSPS) is 16.9. The molecule has 2 aliphatic carbocycles. The summed E-state index contributed by atoms with van der Waals surface area (Å²) in [5, 5.41) is 16.0. The topological polar surface area (TPSA) is 111 Å². The first-order valence-electron chi connectivity index (χ1n) is 14.8. The van der Waals surface area contributed by atoms with Gasteiger partial charge in [-0.05, 0) is 66.8 Å². The third kappa shape index (κ3) is 6.88. The van der Waals surface area contributed by atoms with Crippen molar-refractivity contribution in [1.82, 2.24) is 30.4 Å². The minimum atomic E-state index is -0.892. The van der Waals surface area contributed by atoms with Crippen LogP contribution in [-0.2, 0) is 16.1 Å². The summed E-state index contributed by atoms with van der Waals surface area (Å²) in [5.41, 5.74) is 1.24. The number of hydrogen-bond acceptors (Lipinski definition) is 7. The van der Waals surface area contributed by atoms with Crippen molar-refractivity contribution in [2.45, 2.75) is 88.9 Å². The molecule has 1 N–H and O–H groups in total. The second-order valence-electron chi connectivity index (χ2n) is 11.1. The highest BCUT2D eigenvalue weighted by atomic mass is 19.1. The molecule has 0 spiro atoms. The SMILES string of the molecule is COc1ccc(-c2nnn(CC(=O)N(C3CCCCC3)C(C(=O)NC3CCCCC3)c3ccc(F)cc3)n2)cc1OC. The number of ether oxygens (including phenoxy) is 2. The third-order valence-corrected chi connectivity index (χ3v) is 8.29. The van der Waals surface area contributed by atoms with Crippen LogP contribution >= 0.6 is 0 Å². The van der Waals surface area contributed by atoms with Crippen molar-refractivity contribution in [3.05, 3.63) is 53.8 Å². The van der Waals surface area contributed by atoms with Gasteiger partial charge in [0.2, 0.25) is 17.6 Å². The largest absolute Gasteiger partial charge is 0.493 e. The number of nitrogens with zero attached hydrogens (tertiary/aromatic N) is 5. The number of carbonyl (C=O) groups excluding carboxylic acids is 2. The lowest BCUT2D eigenvalue weighted by Crippen LogP contribution is -2.52. The average molecular weight is 579 g/mol. The molecule has 0 radical (unpaired) electrons. The molecule has 2 aromatic carbocycles. The molecule has 3 aromatic rings. The number of tetrazole rings is 1. The number of aromatic nitrogens is 4.